The van der Waals surface area contributed by atoms with Crippen LogP contribution >= 0.6 is 0 Å². The number of aromatic nitrogens is 3. The topological polar surface area (TPSA) is 57.0 Å². The molecule has 0 unspecified atom stereocenters. The smallest absolute Gasteiger partial charge is 0.280 e. The summed E-state index contributed by atoms with van der Waals surface area (Å²) in [5.74, 6) is 0.723. The van der Waals surface area contributed by atoms with Gasteiger partial charge in [0.1, 0.15) is 17.0 Å². The van der Waals surface area contributed by atoms with E-state index >= 15 is 0 Å². The zero-order chi connectivity index (χ0) is 17.2. The summed E-state index contributed by atoms with van der Waals surface area (Å²) in [5.41, 5.74) is 2.57. The molecule has 0 amide bonds. The second kappa shape index (κ2) is 6.20. The van der Waals surface area contributed by atoms with Crippen molar-refractivity contribution >= 4 is 10.9 Å². The molecule has 0 aliphatic heterocycles. The first-order chi connectivity index (χ1) is 12.3. The third-order valence-corrected chi connectivity index (χ3v) is 4.00. The minimum Gasteiger partial charge on any atom is -0.497 e. The van der Waals surface area contributed by atoms with Crippen molar-refractivity contribution in [1.29, 1.82) is 0 Å². The van der Waals surface area contributed by atoms with Crippen LogP contribution in [0.1, 0.15) is 0 Å². The first-order valence-electron chi connectivity index (χ1n) is 7.86. The van der Waals surface area contributed by atoms with Gasteiger partial charge >= 0.3 is 0 Å². The van der Waals surface area contributed by atoms with Gasteiger partial charge in [0.25, 0.3) is 5.56 Å². The number of ether oxygens (including phenoxy) is 1. The molecule has 0 bridgehead atoms. The second-order valence-electron chi connectivity index (χ2n) is 5.53. The van der Waals surface area contributed by atoms with E-state index in [0.29, 0.717) is 22.3 Å². The Labute approximate surface area is 144 Å². The summed E-state index contributed by atoms with van der Waals surface area (Å²) in [6, 6.07) is 20.5. The Morgan fingerprint density at radius 2 is 1.80 bits per heavy atom. The first-order valence-corrected chi connectivity index (χ1v) is 7.86. The highest BCUT2D eigenvalue weighted by molar-refractivity contribution is 5.90. The van der Waals surface area contributed by atoms with Crippen molar-refractivity contribution in [3.63, 3.8) is 0 Å². The van der Waals surface area contributed by atoms with Crippen LogP contribution < -0.4 is 10.3 Å². The number of hydrogen-bond acceptors (Lipinski definition) is 4. The summed E-state index contributed by atoms with van der Waals surface area (Å²) in [5, 5.41) is 5.13. The Kier molecular flexibility index (Phi) is 3.74. The maximum Gasteiger partial charge on any atom is 0.280 e. The van der Waals surface area contributed by atoms with Gasteiger partial charge in [-0.2, -0.15) is 9.78 Å². The molecule has 0 aliphatic carbocycles. The van der Waals surface area contributed by atoms with E-state index in [1.165, 1.54) is 4.68 Å². The molecule has 0 radical (unpaired) electrons. The maximum absolute atomic E-state index is 12.9. The molecular formula is C20H15N3O2. The Morgan fingerprint density at radius 3 is 2.60 bits per heavy atom. The summed E-state index contributed by atoms with van der Waals surface area (Å²) < 4.78 is 6.73. The van der Waals surface area contributed by atoms with Gasteiger partial charge in [0, 0.05) is 11.8 Å². The largest absolute Gasteiger partial charge is 0.497 e. The van der Waals surface area contributed by atoms with Crippen molar-refractivity contribution < 1.29 is 4.74 Å². The summed E-state index contributed by atoms with van der Waals surface area (Å²) in [4.78, 5) is 17.3. The molecule has 0 saturated heterocycles. The Hall–Kier alpha value is -3.47. The predicted octanol–water partition coefficient (Wildman–Crippen LogP) is 3.46. The van der Waals surface area contributed by atoms with Gasteiger partial charge in [0.2, 0.25) is 0 Å². The van der Waals surface area contributed by atoms with Crippen LogP contribution in [0.2, 0.25) is 0 Å². The van der Waals surface area contributed by atoms with Gasteiger partial charge in [-0.25, -0.2) is 0 Å². The lowest BCUT2D eigenvalue weighted by Crippen LogP contribution is -2.22. The average molecular weight is 329 g/mol. The van der Waals surface area contributed by atoms with Gasteiger partial charge in [-0.05, 0) is 36.4 Å². The first kappa shape index (κ1) is 15.1. The Balaban J connectivity index is 2.07. The second-order valence-corrected chi connectivity index (χ2v) is 5.53. The normalized spacial score (nSPS) is 10.8. The van der Waals surface area contributed by atoms with E-state index in [1.807, 2.05) is 54.6 Å². The molecule has 0 N–H and O–H groups in total. The van der Waals surface area contributed by atoms with Crippen molar-refractivity contribution in [2.24, 2.45) is 0 Å². The number of rotatable bonds is 3. The number of methoxy groups -OCH3 is 1. The van der Waals surface area contributed by atoms with Crippen molar-refractivity contribution in [2.75, 3.05) is 7.11 Å². The monoisotopic (exact) mass is 329 g/mol. The van der Waals surface area contributed by atoms with Gasteiger partial charge in [-0.3, -0.25) is 9.78 Å². The summed E-state index contributed by atoms with van der Waals surface area (Å²) >= 11 is 0. The van der Waals surface area contributed by atoms with Crippen LogP contribution in [0.5, 0.6) is 5.75 Å². The number of para-hydroxylation sites is 1. The van der Waals surface area contributed by atoms with Crippen LogP contribution in [-0.4, -0.2) is 21.9 Å². The molecule has 0 fully saturated rings. The standard InChI is InChI=1S/C20H15N3O2/c1-25-16-10-5-7-14(13-16)18-19-17(11-6-12-21-19)20(24)23(22-18)15-8-3-2-4-9-15/h2-13H,1H3. The molecular weight excluding hydrogens is 314 g/mol. The molecule has 5 heteroatoms. The molecule has 122 valence electrons. The SMILES string of the molecule is COc1cccc(-c2nn(-c3ccccc3)c(=O)c3cccnc23)c1. The fourth-order valence-electron chi connectivity index (χ4n) is 2.78. The van der Waals surface area contributed by atoms with Crippen LogP contribution in [0, 0.1) is 0 Å². The summed E-state index contributed by atoms with van der Waals surface area (Å²) in [6.07, 6.45) is 1.67. The van der Waals surface area contributed by atoms with Crippen molar-refractivity contribution in [3.05, 3.63) is 83.3 Å². The summed E-state index contributed by atoms with van der Waals surface area (Å²) in [7, 11) is 1.62. The van der Waals surface area contributed by atoms with Gasteiger partial charge in [0.15, 0.2) is 0 Å². The number of pyridine rings is 1. The van der Waals surface area contributed by atoms with Gasteiger partial charge in [0.05, 0.1) is 18.2 Å². The number of benzene rings is 2. The highest BCUT2D eigenvalue weighted by Crippen LogP contribution is 2.26. The van der Waals surface area contributed by atoms with Crippen molar-refractivity contribution in [2.45, 2.75) is 0 Å². The lowest BCUT2D eigenvalue weighted by molar-refractivity contribution is 0.415. The third-order valence-electron chi connectivity index (χ3n) is 4.00. The predicted molar refractivity (Wildman–Crippen MR) is 97.1 cm³/mol. The minimum absolute atomic E-state index is 0.194. The zero-order valence-corrected chi connectivity index (χ0v) is 13.6. The fourth-order valence-corrected chi connectivity index (χ4v) is 2.78. The quantitative estimate of drug-likeness (QED) is 0.577. The van der Waals surface area contributed by atoms with Crippen LogP contribution in [0.15, 0.2) is 77.7 Å². The van der Waals surface area contributed by atoms with Crippen LogP contribution in [0.4, 0.5) is 0 Å². The molecule has 0 atom stereocenters. The number of nitrogens with zero attached hydrogens (tertiary/aromatic N) is 3. The summed E-state index contributed by atoms with van der Waals surface area (Å²) in [6.45, 7) is 0. The fraction of sp³-hybridized carbons (Fsp3) is 0.0500. The van der Waals surface area contributed by atoms with E-state index in [2.05, 4.69) is 10.1 Å². The number of hydrogen-bond donors (Lipinski definition) is 0. The van der Waals surface area contributed by atoms with Gasteiger partial charge < -0.3 is 4.74 Å². The third kappa shape index (κ3) is 2.65. The van der Waals surface area contributed by atoms with Crippen LogP contribution in [0.3, 0.4) is 0 Å². The minimum atomic E-state index is -0.194. The van der Waals surface area contributed by atoms with E-state index in [0.717, 1.165) is 11.3 Å². The molecule has 0 aliphatic rings. The zero-order valence-electron chi connectivity index (χ0n) is 13.6. The van der Waals surface area contributed by atoms with E-state index in [-0.39, 0.29) is 5.56 Å². The molecule has 4 rings (SSSR count). The van der Waals surface area contributed by atoms with Crippen LogP contribution in [-0.2, 0) is 0 Å². The lowest BCUT2D eigenvalue weighted by Gasteiger charge is -2.11. The Bertz CT molecular complexity index is 1100. The number of fused-ring (bicyclic) bond motifs is 1. The molecule has 2 aromatic heterocycles. The molecule has 25 heavy (non-hydrogen) atoms. The molecule has 0 spiro atoms. The Morgan fingerprint density at radius 1 is 0.960 bits per heavy atom. The molecule has 5 nitrogen and oxygen atoms in total. The van der Waals surface area contributed by atoms with E-state index < -0.39 is 0 Å². The molecule has 2 heterocycles. The average Bonchev–Trinajstić information content (AvgIpc) is 2.69. The van der Waals surface area contributed by atoms with Crippen LogP contribution in [0.25, 0.3) is 27.8 Å². The molecule has 0 saturated carbocycles. The van der Waals surface area contributed by atoms with E-state index in [4.69, 9.17) is 4.74 Å². The maximum atomic E-state index is 12.9. The van der Waals surface area contributed by atoms with Crippen molar-refractivity contribution in [3.8, 4) is 22.7 Å². The van der Waals surface area contributed by atoms with Crippen molar-refractivity contribution in [1.82, 2.24) is 14.8 Å². The molecule has 4 aromatic rings. The van der Waals surface area contributed by atoms with Gasteiger partial charge in [-0.15, -0.1) is 0 Å². The van der Waals surface area contributed by atoms with E-state index in [9.17, 15) is 4.79 Å². The van der Waals surface area contributed by atoms with E-state index in [1.54, 1.807) is 25.4 Å². The lowest BCUT2D eigenvalue weighted by atomic mass is 10.1. The highest BCUT2D eigenvalue weighted by Gasteiger charge is 2.14. The molecule has 2 aromatic carbocycles. The highest BCUT2D eigenvalue weighted by atomic mass is 16.5. The van der Waals surface area contributed by atoms with Gasteiger partial charge in [-0.1, -0.05) is 30.3 Å².